The maximum atomic E-state index is 9.52. The molecular weight excluding hydrogens is 408 g/mol. The predicted octanol–water partition coefficient (Wildman–Crippen LogP) is 3.42. The molecule has 2 aromatic carbocycles. The molecule has 1 spiro atoms. The standard InChI is InChI=1S/C27H28N6/c1-18-13-31(24-7-4-19(12-28)26-23(24)3-2-9-29-26)15-25-22-6-5-21(11-20(22)14-33(18)25)32-16-27(17-32)8-10-30-27/h2-7,9,11,18,25,30H,8,10,13-17H2,1H3. The van der Waals surface area contributed by atoms with E-state index in [9.17, 15) is 5.26 Å². The minimum Gasteiger partial charge on any atom is -0.368 e. The summed E-state index contributed by atoms with van der Waals surface area (Å²) in [5.41, 5.74) is 7.38. The largest absolute Gasteiger partial charge is 0.368 e. The molecule has 1 aromatic heterocycles. The first-order chi connectivity index (χ1) is 16.1. The molecule has 3 aromatic rings. The minimum atomic E-state index is 0.399. The fourth-order valence-electron chi connectivity index (χ4n) is 6.45. The molecule has 4 aliphatic heterocycles. The van der Waals surface area contributed by atoms with Gasteiger partial charge >= 0.3 is 0 Å². The normalized spacial score (nSPS) is 25.3. The van der Waals surface area contributed by atoms with E-state index in [0.717, 1.165) is 43.6 Å². The summed E-state index contributed by atoms with van der Waals surface area (Å²) in [4.78, 5) is 12.2. The molecule has 0 bridgehead atoms. The number of benzene rings is 2. The first-order valence-corrected chi connectivity index (χ1v) is 12.1. The van der Waals surface area contributed by atoms with Crippen molar-refractivity contribution in [2.75, 3.05) is 42.5 Å². The van der Waals surface area contributed by atoms with Crippen LogP contribution in [0.4, 0.5) is 11.4 Å². The van der Waals surface area contributed by atoms with Crippen molar-refractivity contribution >= 4 is 22.3 Å². The monoisotopic (exact) mass is 436 g/mol. The highest BCUT2D eigenvalue weighted by molar-refractivity contribution is 5.95. The molecule has 7 rings (SSSR count). The van der Waals surface area contributed by atoms with Gasteiger partial charge in [-0.05, 0) is 67.4 Å². The lowest BCUT2D eigenvalue weighted by atomic mass is 9.80. The van der Waals surface area contributed by atoms with Gasteiger partial charge in [-0.2, -0.15) is 5.26 Å². The van der Waals surface area contributed by atoms with Crippen molar-refractivity contribution in [3.05, 3.63) is 65.4 Å². The Morgan fingerprint density at radius 2 is 2.00 bits per heavy atom. The molecule has 0 amide bonds. The van der Waals surface area contributed by atoms with Crippen molar-refractivity contribution in [2.45, 2.75) is 37.5 Å². The van der Waals surface area contributed by atoms with E-state index in [4.69, 9.17) is 0 Å². The van der Waals surface area contributed by atoms with Crippen LogP contribution in [-0.2, 0) is 6.54 Å². The van der Waals surface area contributed by atoms with Crippen LogP contribution in [0.3, 0.4) is 0 Å². The molecule has 4 aliphatic rings. The summed E-state index contributed by atoms with van der Waals surface area (Å²) in [6.07, 6.45) is 3.09. The van der Waals surface area contributed by atoms with Crippen LogP contribution in [0.5, 0.6) is 0 Å². The summed E-state index contributed by atoms with van der Waals surface area (Å²) < 4.78 is 0. The van der Waals surface area contributed by atoms with E-state index in [1.807, 2.05) is 12.1 Å². The van der Waals surface area contributed by atoms with Crippen LogP contribution < -0.4 is 15.1 Å². The van der Waals surface area contributed by atoms with Gasteiger partial charge in [-0.15, -0.1) is 0 Å². The predicted molar refractivity (Wildman–Crippen MR) is 130 cm³/mol. The Balaban J connectivity index is 1.19. The minimum absolute atomic E-state index is 0.399. The van der Waals surface area contributed by atoms with Gasteiger partial charge in [0.05, 0.1) is 22.7 Å². The van der Waals surface area contributed by atoms with E-state index in [2.05, 4.69) is 68.3 Å². The number of hydrogen-bond acceptors (Lipinski definition) is 6. The highest BCUT2D eigenvalue weighted by atomic mass is 15.3. The smallest absolute Gasteiger partial charge is 0.101 e. The van der Waals surface area contributed by atoms with Gasteiger partial charge in [0.25, 0.3) is 0 Å². The lowest BCUT2D eigenvalue weighted by molar-refractivity contribution is 0.134. The van der Waals surface area contributed by atoms with Crippen LogP contribution in [-0.4, -0.2) is 54.2 Å². The molecule has 5 heterocycles. The Hall–Kier alpha value is -3.14. The first-order valence-electron chi connectivity index (χ1n) is 12.1. The number of piperazine rings is 1. The molecular formula is C27H28N6. The number of anilines is 2. The number of rotatable bonds is 2. The van der Waals surface area contributed by atoms with Gasteiger partial charge in [0, 0.05) is 61.7 Å². The van der Waals surface area contributed by atoms with E-state index in [0.29, 0.717) is 23.2 Å². The average Bonchev–Trinajstić information content (AvgIpc) is 3.15. The zero-order chi connectivity index (χ0) is 22.2. The van der Waals surface area contributed by atoms with Crippen molar-refractivity contribution in [2.24, 2.45) is 0 Å². The summed E-state index contributed by atoms with van der Waals surface area (Å²) in [5.74, 6) is 0. The maximum absolute atomic E-state index is 9.52. The van der Waals surface area contributed by atoms with Crippen LogP contribution in [0.25, 0.3) is 10.9 Å². The number of fused-ring (bicyclic) bond motifs is 4. The Kier molecular flexibility index (Phi) is 4.06. The molecule has 0 radical (unpaired) electrons. The summed E-state index contributed by atoms with van der Waals surface area (Å²) in [6, 6.07) is 18.4. The Morgan fingerprint density at radius 3 is 2.79 bits per heavy atom. The zero-order valence-electron chi connectivity index (χ0n) is 19.0. The van der Waals surface area contributed by atoms with Crippen molar-refractivity contribution in [1.82, 2.24) is 15.2 Å². The van der Waals surface area contributed by atoms with E-state index >= 15 is 0 Å². The van der Waals surface area contributed by atoms with Crippen molar-refractivity contribution in [1.29, 1.82) is 5.26 Å². The van der Waals surface area contributed by atoms with Gasteiger partial charge in [-0.3, -0.25) is 9.88 Å². The van der Waals surface area contributed by atoms with Gasteiger partial charge in [0.2, 0.25) is 0 Å². The molecule has 0 aliphatic carbocycles. The molecule has 3 fully saturated rings. The van der Waals surface area contributed by atoms with Crippen LogP contribution in [0, 0.1) is 11.3 Å². The van der Waals surface area contributed by atoms with Crippen LogP contribution >= 0.6 is 0 Å². The summed E-state index contributed by atoms with van der Waals surface area (Å²) in [6.45, 7) is 8.78. The van der Waals surface area contributed by atoms with Crippen molar-refractivity contribution < 1.29 is 0 Å². The fourth-order valence-corrected chi connectivity index (χ4v) is 6.45. The molecule has 166 valence electrons. The maximum Gasteiger partial charge on any atom is 0.101 e. The highest BCUT2D eigenvalue weighted by Crippen LogP contribution is 2.43. The molecule has 2 unspecified atom stereocenters. The molecule has 3 saturated heterocycles. The second kappa shape index (κ2) is 6.93. The second-order valence-electron chi connectivity index (χ2n) is 10.3. The van der Waals surface area contributed by atoms with Gasteiger partial charge in [0.1, 0.15) is 6.07 Å². The topological polar surface area (TPSA) is 58.4 Å². The number of pyridine rings is 1. The third-order valence-corrected chi connectivity index (χ3v) is 8.35. The third-order valence-electron chi connectivity index (χ3n) is 8.35. The number of nitrogens with one attached hydrogen (secondary N) is 1. The summed E-state index contributed by atoms with van der Waals surface area (Å²) in [7, 11) is 0. The summed E-state index contributed by atoms with van der Waals surface area (Å²) >= 11 is 0. The van der Waals surface area contributed by atoms with Gasteiger partial charge < -0.3 is 15.1 Å². The Labute approximate surface area is 194 Å². The summed E-state index contributed by atoms with van der Waals surface area (Å²) in [5, 5.41) is 14.2. The second-order valence-corrected chi connectivity index (χ2v) is 10.3. The number of hydrogen-bond donors (Lipinski definition) is 1. The van der Waals surface area contributed by atoms with Gasteiger partial charge in [0.15, 0.2) is 0 Å². The van der Waals surface area contributed by atoms with E-state index in [1.54, 1.807) is 6.20 Å². The highest BCUT2D eigenvalue weighted by Gasteiger charge is 2.47. The van der Waals surface area contributed by atoms with Crippen LogP contribution in [0.2, 0.25) is 0 Å². The molecule has 6 nitrogen and oxygen atoms in total. The quantitative estimate of drug-likeness (QED) is 0.664. The molecule has 2 atom stereocenters. The molecule has 0 saturated carbocycles. The van der Waals surface area contributed by atoms with Crippen LogP contribution in [0.15, 0.2) is 48.7 Å². The molecule has 6 heteroatoms. The number of aromatic nitrogens is 1. The number of nitriles is 1. The third kappa shape index (κ3) is 2.82. The Bertz CT molecular complexity index is 1300. The van der Waals surface area contributed by atoms with Crippen LogP contribution in [0.1, 0.15) is 36.1 Å². The lowest BCUT2D eigenvalue weighted by Crippen LogP contribution is -2.75. The number of nitrogens with zero attached hydrogens (tertiary/aromatic N) is 5. The SMILES string of the molecule is CC1CN(c2ccc(C#N)c3ncccc23)CC2c3ccc(N4CC5(CCN5)C4)cc3CN12. The van der Waals surface area contributed by atoms with Gasteiger partial charge in [-0.1, -0.05) is 6.07 Å². The van der Waals surface area contributed by atoms with E-state index in [-0.39, 0.29) is 0 Å². The fraction of sp³-hybridized carbons (Fsp3) is 0.407. The van der Waals surface area contributed by atoms with Gasteiger partial charge in [-0.25, -0.2) is 0 Å². The van der Waals surface area contributed by atoms with E-state index < -0.39 is 0 Å². The van der Waals surface area contributed by atoms with E-state index in [1.165, 1.54) is 35.5 Å². The lowest BCUT2D eigenvalue weighted by Gasteiger charge is -2.57. The van der Waals surface area contributed by atoms with Crippen molar-refractivity contribution in [3.63, 3.8) is 0 Å². The Morgan fingerprint density at radius 1 is 1.12 bits per heavy atom. The molecule has 33 heavy (non-hydrogen) atoms. The molecule has 1 N–H and O–H groups in total. The average molecular weight is 437 g/mol. The van der Waals surface area contributed by atoms with Crippen molar-refractivity contribution in [3.8, 4) is 6.07 Å². The first kappa shape index (κ1) is 19.3. The zero-order valence-corrected chi connectivity index (χ0v) is 19.0.